The largest absolute Gasteiger partial charge is 0.303 e. The third kappa shape index (κ3) is 2.83. The molecule has 1 N–H and O–H groups in total. The molecular weight excluding hydrogens is 337 g/mol. The second-order valence-electron chi connectivity index (χ2n) is 5.28. The Morgan fingerprint density at radius 2 is 2.20 bits per heavy atom. The van der Waals surface area contributed by atoms with E-state index in [1.807, 2.05) is 30.4 Å². The Balaban J connectivity index is 1.80. The smallest absolute Gasteiger partial charge is 0.127 e. The van der Waals surface area contributed by atoms with Crippen molar-refractivity contribution in [1.82, 2.24) is 5.32 Å². The number of rotatable bonds is 3. The molecule has 1 aliphatic carbocycles. The highest BCUT2D eigenvalue weighted by molar-refractivity contribution is 9.11. The summed E-state index contributed by atoms with van der Waals surface area (Å²) < 4.78 is 15.0. The molecule has 0 fully saturated rings. The maximum atomic E-state index is 13.8. The van der Waals surface area contributed by atoms with Gasteiger partial charge in [-0.2, -0.15) is 0 Å². The van der Waals surface area contributed by atoms with Crippen LogP contribution in [0.25, 0.3) is 0 Å². The molecule has 4 heteroatoms. The molecule has 0 saturated carbocycles. The van der Waals surface area contributed by atoms with Crippen molar-refractivity contribution in [2.24, 2.45) is 0 Å². The Hall–Kier alpha value is -0.710. The molecule has 106 valence electrons. The van der Waals surface area contributed by atoms with Crippen LogP contribution in [-0.2, 0) is 6.42 Å². The van der Waals surface area contributed by atoms with Gasteiger partial charge in [-0.15, -0.1) is 11.3 Å². The summed E-state index contributed by atoms with van der Waals surface area (Å²) in [6.45, 7) is 2.04. The molecule has 2 aromatic rings. The van der Waals surface area contributed by atoms with Crippen LogP contribution >= 0.6 is 27.3 Å². The van der Waals surface area contributed by atoms with E-state index in [1.165, 1.54) is 26.7 Å². The average molecular weight is 354 g/mol. The summed E-state index contributed by atoms with van der Waals surface area (Å²) in [5, 5.41) is 3.59. The molecule has 0 amide bonds. The van der Waals surface area contributed by atoms with Crippen molar-refractivity contribution < 1.29 is 4.39 Å². The van der Waals surface area contributed by atoms with Crippen LogP contribution in [0.2, 0.25) is 0 Å². The van der Waals surface area contributed by atoms with Crippen molar-refractivity contribution in [2.75, 3.05) is 0 Å². The Morgan fingerprint density at radius 3 is 3.00 bits per heavy atom. The van der Waals surface area contributed by atoms with Crippen LogP contribution in [-0.4, -0.2) is 0 Å². The second-order valence-corrected chi connectivity index (χ2v) is 7.80. The fraction of sp³-hybridized carbons (Fsp3) is 0.375. The molecule has 0 bridgehead atoms. The molecule has 0 saturated heterocycles. The number of hydrogen-bond donors (Lipinski definition) is 1. The summed E-state index contributed by atoms with van der Waals surface area (Å²) in [4.78, 5) is 1.46. The topological polar surface area (TPSA) is 12.0 Å². The van der Waals surface area contributed by atoms with Gasteiger partial charge in [0.2, 0.25) is 0 Å². The summed E-state index contributed by atoms with van der Waals surface area (Å²) in [5.74, 6) is -0.130. The number of fused-ring (bicyclic) bond motifs is 1. The lowest BCUT2D eigenvalue weighted by molar-refractivity contribution is 0.410. The van der Waals surface area contributed by atoms with Gasteiger partial charge in [0.15, 0.2) is 0 Å². The fourth-order valence-corrected chi connectivity index (χ4v) is 4.73. The predicted molar refractivity (Wildman–Crippen MR) is 85.6 cm³/mol. The number of halogens is 2. The van der Waals surface area contributed by atoms with Crippen LogP contribution in [0.15, 0.2) is 34.1 Å². The zero-order valence-corrected chi connectivity index (χ0v) is 13.7. The normalized spacial score (nSPS) is 19.6. The van der Waals surface area contributed by atoms with Crippen LogP contribution in [0.3, 0.4) is 0 Å². The highest BCUT2D eigenvalue weighted by Gasteiger charge is 2.24. The molecule has 1 aromatic heterocycles. The zero-order valence-electron chi connectivity index (χ0n) is 11.3. The molecule has 1 nitrogen and oxygen atoms in total. The Bertz CT molecular complexity index is 610. The lowest BCUT2D eigenvalue weighted by atomic mass is 9.93. The fourth-order valence-electron chi connectivity index (χ4n) is 2.91. The van der Waals surface area contributed by atoms with Gasteiger partial charge in [0.25, 0.3) is 0 Å². The maximum Gasteiger partial charge on any atom is 0.127 e. The van der Waals surface area contributed by atoms with Crippen molar-refractivity contribution in [3.8, 4) is 0 Å². The van der Waals surface area contributed by atoms with Crippen molar-refractivity contribution in [3.05, 3.63) is 55.9 Å². The van der Waals surface area contributed by atoms with Gasteiger partial charge in [-0.1, -0.05) is 18.2 Å². The first-order valence-corrected chi connectivity index (χ1v) is 8.54. The number of thiophene rings is 1. The van der Waals surface area contributed by atoms with Crippen LogP contribution in [0.5, 0.6) is 0 Å². The molecule has 1 aromatic carbocycles. The van der Waals surface area contributed by atoms with E-state index in [0.717, 1.165) is 18.4 Å². The Morgan fingerprint density at radius 1 is 1.40 bits per heavy atom. The van der Waals surface area contributed by atoms with E-state index in [0.29, 0.717) is 6.04 Å². The summed E-state index contributed by atoms with van der Waals surface area (Å²) in [6.07, 6.45) is 3.48. The maximum absolute atomic E-state index is 13.8. The molecular formula is C16H17BrFNS. The predicted octanol–water partition coefficient (Wildman–Crippen LogP) is 5.38. The van der Waals surface area contributed by atoms with Gasteiger partial charge in [-0.25, -0.2) is 4.39 Å². The summed E-state index contributed by atoms with van der Waals surface area (Å²) in [6, 6.07) is 9.58. The van der Waals surface area contributed by atoms with E-state index in [1.54, 1.807) is 6.07 Å². The third-order valence-corrected chi connectivity index (χ3v) is 5.62. The number of hydrogen-bond acceptors (Lipinski definition) is 2. The van der Waals surface area contributed by atoms with Crippen molar-refractivity contribution in [3.63, 3.8) is 0 Å². The highest BCUT2D eigenvalue weighted by atomic mass is 79.9. The average Bonchev–Trinajstić information content (AvgIpc) is 2.80. The third-order valence-electron chi connectivity index (χ3n) is 3.91. The van der Waals surface area contributed by atoms with E-state index >= 15 is 0 Å². The highest BCUT2D eigenvalue weighted by Crippen LogP contribution is 2.39. The van der Waals surface area contributed by atoms with Gasteiger partial charge in [0.05, 0.1) is 3.79 Å². The van der Waals surface area contributed by atoms with E-state index in [9.17, 15) is 4.39 Å². The first kappa shape index (κ1) is 14.2. The summed E-state index contributed by atoms with van der Waals surface area (Å²) in [5.41, 5.74) is 2.13. The summed E-state index contributed by atoms with van der Waals surface area (Å²) in [7, 11) is 0. The number of nitrogens with one attached hydrogen (secondary N) is 1. The van der Waals surface area contributed by atoms with Crippen LogP contribution in [0.4, 0.5) is 4.39 Å². The minimum Gasteiger partial charge on any atom is -0.303 e. The standard InChI is InChI=1S/C16H17BrFNS/c1-10(11-5-2-3-6-13(11)18)19-14-7-4-8-15-12(14)9-16(17)20-15/h2-3,5-6,9-10,14,19H,4,7-8H2,1H3/t10-,14?/m1/s1. The van der Waals surface area contributed by atoms with E-state index in [4.69, 9.17) is 0 Å². The molecule has 0 aliphatic heterocycles. The van der Waals surface area contributed by atoms with Gasteiger partial charge in [0, 0.05) is 22.5 Å². The number of benzene rings is 1. The first-order valence-electron chi connectivity index (χ1n) is 6.93. The Kier molecular flexibility index (Phi) is 4.24. The van der Waals surface area contributed by atoms with E-state index in [-0.39, 0.29) is 11.9 Å². The SMILES string of the molecule is C[C@@H](NC1CCCc2sc(Br)cc21)c1ccccc1F. The molecule has 1 aliphatic rings. The lowest BCUT2D eigenvalue weighted by Crippen LogP contribution is -2.27. The quantitative estimate of drug-likeness (QED) is 0.781. The van der Waals surface area contributed by atoms with Gasteiger partial charge >= 0.3 is 0 Å². The van der Waals surface area contributed by atoms with Gasteiger partial charge < -0.3 is 5.32 Å². The Labute approximate surface area is 131 Å². The van der Waals surface area contributed by atoms with Gasteiger partial charge in [-0.3, -0.25) is 0 Å². The molecule has 2 atom stereocenters. The monoisotopic (exact) mass is 353 g/mol. The van der Waals surface area contributed by atoms with E-state index < -0.39 is 0 Å². The zero-order chi connectivity index (χ0) is 14.1. The van der Waals surface area contributed by atoms with Crippen LogP contribution in [0.1, 0.15) is 47.9 Å². The summed E-state index contributed by atoms with van der Waals surface area (Å²) >= 11 is 5.40. The lowest BCUT2D eigenvalue weighted by Gasteiger charge is -2.27. The van der Waals surface area contributed by atoms with Crippen molar-refractivity contribution in [2.45, 2.75) is 38.3 Å². The molecule has 20 heavy (non-hydrogen) atoms. The van der Waals surface area contributed by atoms with E-state index in [2.05, 4.69) is 27.3 Å². The molecule has 0 spiro atoms. The minimum atomic E-state index is -0.130. The first-order chi connectivity index (χ1) is 9.65. The molecule has 1 unspecified atom stereocenters. The van der Waals surface area contributed by atoms with Gasteiger partial charge in [0.1, 0.15) is 5.82 Å². The van der Waals surface area contributed by atoms with Crippen LogP contribution in [0, 0.1) is 5.82 Å². The number of aryl methyl sites for hydroxylation is 1. The second kappa shape index (κ2) is 5.96. The van der Waals surface area contributed by atoms with Crippen molar-refractivity contribution >= 4 is 27.3 Å². The minimum absolute atomic E-state index is 0.0193. The van der Waals surface area contributed by atoms with Crippen LogP contribution < -0.4 is 5.32 Å². The molecule has 0 radical (unpaired) electrons. The molecule has 1 heterocycles. The molecule has 3 rings (SSSR count). The van der Waals surface area contributed by atoms with Gasteiger partial charge in [-0.05, 0) is 59.8 Å². The van der Waals surface area contributed by atoms with Crippen molar-refractivity contribution in [1.29, 1.82) is 0 Å².